The monoisotopic (exact) mass is 258 g/mol. The lowest BCUT2D eigenvalue weighted by atomic mass is 10.2. The van der Waals surface area contributed by atoms with Gasteiger partial charge in [0.1, 0.15) is 17.5 Å². The normalized spacial score (nSPS) is 12.4. The van der Waals surface area contributed by atoms with Crippen molar-refractivity contribution in [2.45, 2.75) is 33.2 Å². The Morgan fingerprint density at radius 2 is 2.37 bits per heavy atom. The first kappa shape index (κ1) is 14.7. The number of hydrogen-bond acceptors (Lipinski definition) is 4. The molecule has 5 heteroatoms. The average molecular weight is 258 g/mol. The van der Waals surface area contributed by atoms with Crippen LogP contribution in [-0.4, -0.2) is 16.9 Å². The molecular formula is C14H18N4O. The number of nitrogens with one attached hydrogen (secondary N) is 2. The van der Waals surface area contributed by atoms with Crippen molar-refractivity contribution in [2.75, 3.05) is 5.32 Å². The molecular weight excluding hydrogens is 240 g/mol. The van der Waals surface area contributed by atoms with Gasteiger partial charge < -0.3 is 10.6 Å². The first-order chi connectivity index (χ1) is 9.06. The fourth-order valence-electron chi connectivity index (χ4n) is 1.31. The van der Waals surface area contributed by atoms with Crippen LogP contribution in [0.1, 0.15) is 25.8 Å². The van der Waals surface area contributed by atoms with E-state index >= 15 is 0 Å². The Kier molecular flexibility index (Phi) is 5.55. The number of carbonyl (C=O) groups is 1. The van der Waals surface area contributed by atoms with Crippen molar-refractivity contribution in [3.05, 3.63) is 35.7 Å². The van der Waals surface area contributed by atoms with Crippen LogP contribution in [0.2, 0.25) is 0 Å². The van der Waals surface area contributed by atoms with Gasteiger partial charge in [0, 0.05) is 18.4 Å². The van der Waals surface area contributed by atoms with Crippen molar-refractivity contribution in [1.29, 1.82) is 5.26 Å². The van der Waals surface area contributed by atoms with Crippen molar-refractivity contribution in [3.63, 3.8) is 0 Å². The first-order valence-electron chi connectivity index (χ1n) is 6.17. The van der Waals surface area contributed by atoms with Crippen LogP contribution in [0.5, 0.6) is 0 Å². The molecule has 1 heterocycles. The molecule has 2 N–H and O–H groups in total. The zero-order valence-corrected chi connectivity index (χ0v) is 11.4. The molecule has 0 saturated carbocycles. The number of nitrogens with zero attached hydrogens (tertiary/aromatic N) is 2. The van der Waals surface area contributed by atoms with Crippen LogP contribution < -0.4 is 10.6 Å². The number of hydrogen-bond donors (Lipinski definition) is 2. The number of aryl methyl sites for hydroxylation is 1. The fourth-order valence-corrected chi connectivity index (χ4v) is 1.31. The molecule has 0 aliphatic carbocycles. The third kappa shape index (κ3) is 4.80. The van der Waals surface area contributed by atoms with E-state index < -0.39 is 0 Å². The van der Waals surface area contributed by atoms with E-state index in [-0.39, 0.29) is 17.5 Å². The van der Waals surface area contributed by atoms with Gasteiger partial charge in [-0.1, -0.05) is 6.92 Å². The van der Waals surface area contributed by atoms with Crippen molar-refractivity contribution >= 4 is 11.7 Å². The van der Waals surface area contributed by atoms with Gasteiger partial charge in [-0.05, 0) is 38.0 Å². The first-order valence-corrected chi connectivity index (χ1v) is 6.17. The largest absolute Gasteiger partial charge is 0.349 e. The van der Waals surface area contributed by atoms with Crippen LogP contribution in [0.3, 0.4) is 0 Å². The van der Waals surface area contributed by atoms with Gasteiger partial charge in [0.15, 0.2) is 0 Å². The quantitative estimate of drug-likeness (QED) is 0.626. The lowest BCUT2D eigenvalue weighted by Gasteiger charge is -2.10. The van der Waals surface area contributed by atoms with Crippen LogP contribution in [0.4, 0.5) is 5.82 Å². The number of rotatable bonds is 5. The van der Waals surface area contributed by atoms with E-state index in [1.807, 2.05) is 39.0 Å². The van der Waals surface area contributed by atoms with Crippen LogP contribution >= 0.6 is 0 Å². The number of anilines is 1. The molecule has 1 rings (SSSR count). The molecule has 0 aliphatic heterocycles. The maximum atomic E-state index is 11.8. The maximum absolute atomic E-state index is 11.8. The molecule has 0 saturated heterocycles. The second-order valence-electron chi connectivity index (χ2n) is 4.32. The molecule has 0 aliphatic rings. The zero-order chi connectivity index (χ0) is 14.3. The Morgan fingerprint density at radius 3 is 2.95 bits per heavy atom. The summed E-state index contributed by atoms with van der Waals surface area (Å²) in [6.45, 7) is 5.80. The summed E-state index contributed by atoms with van der Waals surface area (Å²) < 4.78 is 0. The number of pyridine rings is 1. The summed E-state index contributed by atoms with van der Waals surface area (Å²) in [5.74, 6) is 0.223. The average Bonchev–Trinajstić information content (AvgIpc) is 2.39. The van der Waals surface area contributed by atoms with Crippen molar-refractivity contribution in [1.82, 2.24) is 10.3 Å². The summed E-state index contributed by atoms with van der Waals surface area (Å²) >= 11 is 0. The molecule has 1 aromatic heterocycles. The maximum Gasteiger partial charge on any atom is 0.263 e. The third-order valence-electron chi connectivity index (χ3n) is 2.63. The van der Waals surface area contributed by atoms with Crippen molar-refractivity contribution < 1.29 is 4.79 Å². The molecule has 19 heavy (non-hydrogen) atoms. The molecule has 1 amide bonds. The van der Waals surface area contributed by atoms with Gasteiger partial charge >= 0.3 is 0 Å². The molecule has 1 aromatic rings. The van der Waals surface area contributed by atoms with E-state index in [9.17, 15) is 4.79 Å². The van der Waals surface area contributed by atoms with E-state index in [1.54, 1.807) is 6.20 Å². The predicted octanol–water partition coefficient (Wildman–Crippen LogP) is 2.12. The summed E-state index contributed by atoms with van der Waals surface area (Å²) in [4.78, 5) is 15.9. The molecule has 1 atom stereocenters. The van der Waals surface area contributed by atoms with Gasteiger partial charge in [0.05, 0.1) is 0 Å². The molecule has 5 nitrogen and oxygen atoms in total. The summed E-state index contributed by atoms with van der Waals surface area (Å²) in [6.07, 6.45) is 3.85. The Morgan fingerprint density at radius 1 is 1.63 bits per heavy atom. The van der Waals surface area contributed by atoms with Gasteiger partial charge in [-0.25, -0.2) is 4.98 Å². The Balaban J connectivity index is 2.72. The van der Waals surface area contributed by atoms with Gasteiger partial charge in [-0.2, -0.15) is 5.26 Å². The molecule has 0 fully saturated rings. The van der Waals surface area contributed by atoms with Gasteiger partial charge in [-0.3, -0.25) is 4.79 Å². The lowest BCUT2D eigenvalue weighted by molar-refractivity contribution is -0.117. The molecule has 0 spiro atoms. The molecule has 100 valence electrons. The van der Waals surface area contributed by atoms with Crippen LogP contribution in [0.25, 0.3) is 0 Å². The highest BCUT2D eigenvalue weighted by Crippen LogP contribution is 2.06. The Hall–Kier alpha value is -2.35. The molecule has 0 aromatic carbocycles. The third-order valence-corrected chi connectivity index (χ3v) is 2.63. The Bertz CT molecular complexity index is 516. The number of nitriles is 1. The summed E-state index contributed by atoms with van der Waals surface area (Å²) in [5.41, 5.74) is 1.08. The van der Waals surface area contributed by atoms with Crippen molar-refractivity contribution in [3.8, 4) is 6.07 Å². The number of carbonyl (C=O) groups excluding carboxylic acids is 1. The highest BCUT2D eigenvalue weighted by Gasteiger charge is 2.10. The minimum absolute atomic E-state index is 0.0311. The van der Waals surface area contributed by atoms with E-state index in [2.05, 4.69) is 15.6 Å². The highest BCUT2D eigenvalue weighted by molar-refractivity contribution is 5.97. The summed E-state index contributed by atoms with van der Waals surface area (Å²) in [7, 11) is 0. The standard InChI is InChI=1S/C14H18N4O/c1-4-11(3)18-14(19)12(8-15)9-17-13-7-10(2)5-6-16-13/h5-7,9,11H,4H2,1-3H3,(H,16,17)(H,18,19)/b12-9-. The Labute approximate surface area is 113 Å². The van der Waals surface area contributed by atoms with E-state index in [4.69, 9.17) is 5.26 Å². The van der Waals surface area contributed by atoms with Crippen LogP contribution in [0, 0.1) is 18.3 Å². The zero-order valence-electron chi connectivity index (χ0n) is 11.4. The molecule has 0 radical (unpaired) electrons. The minimum Gasteiger partial charge on any atom is -0.349 e. The van der Waals surface area contributed by atoms with Crippen LogP contribution in [-0.2, 0) is 4.79 Å². The summed E-state index contributed by atoms with van der Waals surface area (Å²) in [5, 5.41) is 14.6. The summed E-state index contributed by atoms with van der Waals surface area (Å²) in [6, 6.07) is 5.62. The van der Waals surface area contributed by atoms with Crippen molar-refractivity contribution in [2.24, 2.45) is 0 Å². The molecule has 0 bridgehead atoms. The van der Waals surface area contributed by atoms with Gasteiger partial charge in [0.25, 0.3) is 5.91 Å². The smallest absolute Gasteiger partial charge is 0.263 e. The van der Waals surface area contributed by atoms with E-state index in [0.29, 0.717) is 5.82 Å². The highest BCUT2D eigenvalue weighted by atomic mass is 16.1. The van der Waals surface area contributed by atoms with Gasteiger partial charge in [-0.15, -0.1) is 0 Å². The SMILES string of the molecule is CCC(C)NC(=O)/C(C#N)=C\Nc1cc(C)ccn1. The molecule has 1 unspecified atom stereocenters. The topological polar surface area (TPSA) is 77.8 Å². The minimum atomic E-state index is -0.378. The second kappa shape index (κ2) is 7.17. The van der Waals surface area contributed by atoms with Gasteiger partial charge in [0.2, 0.25) is 0 Å². The predicted molar refractivity (Wildman–Crippen MR) is 74.2 cm³/mol. The number of aromatic nitrogens is 1. The second-order valence-corrected chi connectivity index (χ2v) is 4.32. The number of amides is 1. The van der Waals surface area contributed by atoms with E-state index in [0.717, 1.165) is 12.0 Å². The lowest BCUT2D eigenvalue weighted by Crippen LogP contribution is -2.33. The van der Waals surface area contributed by atoms with Crippen LogP contribution in [0.15, 0.2) is 30.1 Å². The van der Waals surface area contributed by atoms with E-state index in [1.165, 1.54) is 6.20 Å². The fraction of sp³-hybridized carbons (Fsp3) is 0.357.